The standard InChI is InChI=1S/C21H26N4OS/c1-15(10-19-9-8-16(2)27-19)24-21(26)20(22)11-18-13-25(14-23-18)12-17-6-4-3-5-7-17/h3-9,13-15,20H,10-12,22H2,1-2H3,(H,24,26)/t15?,20-/m0/s1. The summed E-state index contributed by atoms with van der Waals surface area (Å²) in [6.07, 6.45) is 4.99. The molecular formula is C21H26N4OS. The molecule has 27 heavy (non-hydrogen) atoms. The van der Waals surface area contributed by atoms with Crippen molar-refractivity contribution in [2.45, 2.75) is 45.3 Å². The van der Waals surface area contributed by atoms with Crippen LogP contribution in [0.4, 0.5) is 0 Å². The summed E-state index contributed by atoms with van der Waals surface area (Å²) in [5.41, 5.74) is 8.14. The topological polar surface area (TPSA) is 72.9 Å². The number of hydrogen-bond acceptors (Lipinski definition) is 4. The largest absolute Gasteiger partial charge is 0.352 e. The predicted octanol–water partition coefficient (Wildman–Crippen LogP) is 2.92. The van der Waals surface area contributed by atoms with Gasteiger partial charge in [-0.15, -0.1) is 11.3 Å². The summed E-state index contributed by atoms with van der Waals surface area (Å²) in [5.74, 6) is -0.131. The molecule has 0 saturated heterocycles. The lowest BCUT2D eigenvalue weighted by Gasteiger charge is -2.16. The van der Waals surface area contributed by atoms with Crippen LogP contribution in [0.3, 0.4) is 0 Å². The number of benzene rings is 1. The normalized spacial score (nSPS) is 13.3. The van der Waals surface area contributed by atoms with Gasteiger partial charge in [0.25, 0.3) is 0 Å². The number of imidazole rings is 1. The summed E-state index contributed by atoms with van der Waals surface area (Å²) < 4.78 is 2.01. The van der Waals surface area contributed by atoms with Gasteiger partial charge in [0.2, 0.25) is 5.91 Å². The van der Waals surface area contributed by atoms with Crippen LogP contribution in [0.25, 0.3) is 0 Å². The van der Waals surface area contributed by atoms with Crippen molar-refractivity contribution in [3.8, 4) is 0 Å². The maximum Gasteiger partial charge on any atom is 0.237 e. The van der Waals surface area contributed by atoms with Crippen molar-refractivity contribution in [2.24, 2.45) is 5.73 Å². The van der Waals surface area contributed by atoms with Crippen LogP contribution in [0.2, 0.25) is 0 Å². The summed E-state index contributed by atoms with van der Waals surface area (Å²) in [7, 11) is 0. The number of aryl methyl sites for hydroxylation is 1. The Hall–Kier alpha value is -2.44. The van der Waals surface area contributed by atoms with Crippen LogP contribution in [0.5, 0.6) is 0 Å². The van der Waals surface area contributed by atoms with E-state index >= 15 is 0 Å². The molecule has 0 bridgehead atoms. The minimum Gasteiger partial charge on any atom is -0.352 e. The molecule has 1 amide bonds. The molecule has 0 aliphatic carbocycles. The van der Waals surface area contributed by atoms with E-state index in [1.54, 1.807) is 17.7 Å². The molecule has 3 rings (SSSR count). The van der Waals surface area contributed by atoms with Crippen LogP contribution in [0, 0.1) is 6.92 Å². The number of hydrogen-bond donors (Lipinski definition) is 2. The molecule has 3 aromatic rings. The SMILES string of the molecule is Cc1ccc(CC(C)NC(=O)[C@@H](N)Cc2cn(Cc3ccccc3)cn2)s1. The Kier molecular flexibility index (Phi) is 6.42. The van der Waals surface area contributed by atoms with E-state index in [2.05, 4.69) is 41.5 Å². The van der Waals surface area contributed by atoms with E-state index in [1.807, 2.05) is 35.9 Å². The molecule has 0 radical (unpaired) electrons. The second-order valence-electron chi connectivity index (χ2n) is 6.96. The van der Waals surface area contributed by atoms with Gasteiger partial charge in [0.1, 0.15) is 0 Å². The Morgan fingerprint density at radius 3 is 2.70 bits per heavy atom. The lowest BCUT2D eigenvalue weighted by Crippen LogP contribution is -2.46. The van der Waals surface area contributed by atoms with Gasteiger partial charge >= 0.3 is 0 Å². The molecule has 3 N–H and O–H groups in total. The van der Waals surface area contributed by atoms with Gasteiger partial charge in [-0.05, 0) is 31.5 Å². The number of nitrogens with zero attached hydrogens (tertiary/aromatic N) is 2. The molecule has 142 valence electrons. The maximum absolute atomic E-state index is 12.4. The van der Waals surface area contributed by atoms with Crippen LogP contribution in [-0.2, 0) is 24.2 Å². The zero-order chi connectivity index (χ0) is 19.2. The molecule has 6 heteroatoms. The van der Waals surface area contributed by atoms with Crippen molar-refractivity contribution in [3.05, 3.63) is 76.0 Å². The first-order valence-corrected chi connectivity index (χ1v) is 9.97. The molecule has 2 heterocycles. The Morgan fingerprint density at radius 2 is 2.00 bits per heavy atom. The van der Waals surface area contributed by atoms with E-state index in [0.29, 0.717) is 6.42 Å². The first kappa shape index (κ1) is 19.3. The van der Waals surface area contributed by atoms with Crippen molar-refractivity contribution < 1.29 is 4.79 Å². The highest BCUT2D eigenvalue weighted by Crippen LogP contribution is 2.16. The number of carbonyl (C=O) groups excluding carboxylic acids is 1. The van der Waals surface area contributed by atoms with Crippen LogP contribution < -0.4 is 11.1 Å². The van der Waals surface area contributed by atoms with Gasteiger partial charge in [-0.3, -0.25) is 4.79 Å². The number of carbonyl (C=O) groups is 1. The van der Waals surface area contributed by atoms with Gasteiger partial charge in [0.05, 0.1) is 18.1 Å². The summed E-state index contributed by atoms with van der Waals surface area (Å²) in [6.45, 7) is 4.85. The molecule has 0 aliphatic rings. The van der Waals surface area contributed by atoms with Gasteiger partial charge in [-0.25, -0.2) is 4.98 Å². The highest BCUT2D eigenvalue weighted by atomic mass is 32.1. The molecule has 0 saturated carbocycles. The van der Waals surface area contributed by atoms with E-state index in [-0.39, 0.29) is 11.9 Å². The Morgan fingerprint density at radius 1 is 1.22 bits per heavy atom. The predicted molar refractivity (Wildman–Crippen MR) is 110 cm³/mol. The first-order valence-electron chi connectivity index (χ1n) is 9.15. The second-order valence-corrected chi connectivity index (χ2v) is 8.33. The number of thiophene rings is 1. The van der Waals surface area contributed by atoms with E-state index < -0.39 is 6.04 Å². The Balaban J connectivity index is 1.49. The summed E-state index contributed by atoms with van der Waals surface area (Å²) in [5, 5.41) is 3.01. The molecule has 2 atom stereocenters. The Labute approximate surface area is 164 Å². The minimum atomic E-state index is -0.599. The highest BCUT2D eigenvalue weighted by molar-refractivity contribution is 7.11. The number of amides is 1. The molecule has 0 aliphatic heterocycles. The molecule has 1 unspecified atom stereocenters. The summed E-state index contributed by atoms with van der Waals surface area (Å²) in [4.78, 5) is 19.3. The fraction of sp³-hybridized carbons (Fsp3) is 0.333. The van der Waals surface area contributed by atoms with E-state index in [1.165, 1.54) is 15.3 Å². The Bertz CT molecular complexity index is 871. The number of nitrogens with two attached hydrogens (primary N) is 1. The molecule has 2 aromatic heterocycles. The highest BCUT2D eigenvalue weighted by Gasteiger charge is 2.18. The second kappa shape index (κ2) is 8.97. The van der Waals surface area contributed by atoms with Crippen molar-refractivity contribution in [1.82, 2.24) is 14.9 Å². The summed E-state index contributed by atoms with van der Waals surface area (Å²) in [6, 6.07) is 13.9. The van der Waals surface area contributed by atoms with Gasteiger partial charge in [-0.1, -0.05) is 30.3 Å². The lowest BCUT2D eigenvalue weighted by molar-refractivity contribution is -0.122. The molecule has 0 fully saturated rings. The molecule has 1 aromatic carbocycles. The average molecular weight is 383 g/mol. The summed E-state index contributed by atoms with van der Waals surface area (Å²) >= 11 is 1.76. The molecular weight excluding hydrogens is 356 g/mol. The third kappa shape index (κ3) is 5.77. The monoisotopic (exact) mass is 382 g/mol. The van der Waals surface area contributed by atoms with Gasteiger partial charge in [0, 0.05) is 41.4 Å². The number of rotatable bonds is 8. The van der Waals surface area contributed by atoms with Gasteiger partial charge in [0.15, 0.2) is 0 Å². The lowest BCUT2D eigenvalue weighted by atomic mass is 10.1. The zero-order valence-electron chi connectivity index (χ0n) is 15.8. The zero-order valence-corrected chi connectivity index (χ0v) is 16.6. The quantitative estimate of drug-likeness (QED) is 0.629. The molecule has 0 spiro atoms. The fourth-order valence-corrected chi connectivity index (χ4v) is 4.03. The van der Waals surface area contributed by atoms with Crippen LogP contribution in [0.1, 0.15) is 27.9 Å². The van der Waals surface area contributed by atoms with Crippen molar-refractivity contribution >= 4 is 17.2 Å². The molecule has 5 nitrogen and oxygen atoms in total. The number of aromatic nitrogens is 2. The van der Waals surface area contributed by atoms with E-state index in [0.717, 1.165) is 18.7 Å². The van der Waals surface area contributed by atoms with E-state index in [9.17, 15) is 4.79 Å². The van der Waals surface area contributed by atoms with Crippen LogP contribution in [0.15, 0.2) is 55.0 Å². The van der Waals surface area contributed by atoms with Crippen molar-refractivity contribution in [1.29, 1.82) is 0 Å². The third-order valence-electron chi connectivity index (χ3n) is 4.35. The average Bonchev–Trinajstić information content (AvgIpc) is 3.24. The van der Waals surface area contributed by atoms with Crippen molar-refractivity contribution in [2.75, 3.05) is 0 Å². The smallest absolute Gasteiger partial charge is 0.237 e. The number of nitrogens with one attached hydrogen (secondary N) is 1. The minimum absolute atomic E-state index is 0.0530. The van der Waals surface area contributed by atoms with Gasteiger partial charge < -0.3 is 15.6 Å². The van der Waals surface area contributed by atoms with E-state index in [4.69, 9.17) is 5.73 Å². The van der Waals surface area contributed by atoms with Crippen LogP contribution >= 0.6 is 11.3 Å². The van der Waals surface area contributed by atoms with Crippen LogP contribution in [-0.4, -0.2) is 27.5 Å². The third-order valence-corrected chi connectivity index (χ3v) is 5.38. The fourth-order valence-electron chi connectivity index (χ4n) is 3.01. The van der Waals surface area contributed by atoms with Crippen molar-refractivity contribution in [3.63, 3.8) is 0 Å². The maximum atomic E-state index is 12.4. The van der Waals surface area contributed by atoms with Gasteiger partial charge in [-0.2, -0.15) is 0 Å². The first-order chi connectivity index (χ1) is 13.0.